The van der Waals surface area contributed by atoms with Crippen molar-refractivity contribution < 1.29 is 28.4 Å². The molecule has 2 aliphatic heterocycles. The Bertz CT molecular complexity index is 1470. The van der Waals surface area contributed by atoms with Gasteiger partial charge in [0.25, 0.3) is 0 Å². The van der Waals surface area contributed by atoms with Gasteiger partial charge in [-0.2, -0.15) is 0 Å². The number of hydrogen-bond acceptors (Lipinski definition) is 6. The first-order valence-corrected chi connectivity index (χ1v) is 13.6. The number of rotatable bonds is 6. The third kappa shape index (κ3) is 4.71. The van der Waals surface area contributed by atoms with E-state index in [2.05, 4.69) is 29.6 Å². The van der Waals surface area contributed by atoms with Crippen LogP contribution in [0.5, 0.6) is 0 Å². The van der Waals surface area contributed by atoms with Gasteiger partial charge in [0.15, 0.2) is 0 Å². The number of fused-ring (bicyclic) bond motifs is 4. The predicted molar refractivity (Wildman–Crippen MR) is 153 cm³/mol. The fraction of sp³-hybridized carbons (Fsp3) is 0.312. The molecule has 0 spiro atoms. The minimum atomic E-state index is -0.681. The Hall–Kier alpha value is -3.88. The van der Waals surface area contributed by atoms with E-state index in [1.54, 1.807) is 6.07 Å². The summed E-state index contributed by atoms with van der Waals surface area (Å²) in [6.07, 6.45) is 1.36. The average Bonchev–Trinajstić information content (AvgIpc) is 3.53. The van der Waals surface area contributed by atoms with Gasteiger partial charge in [0.1, 0.15) is 13.2 Å². The first-order chi connectivity index (χ1) is 19.1. The highest BCUT2D eigenvalue weighted by atomic mass is 16.7. The molecule has 1 amide bonds. The van der Waals surface area contributed by atoms with Gasteiger partial charge in [0.05, 0.1) is 16.8 Å². The maximum atomic E-state index is 12.9. The molecule has 8 heteroatoms. The molecule has 0 unspecified atom stereocenters. The smallest absolute Gasteiger partial charge is 0.457 e. The molecule has 7 nitrogen and oxygen atoms in total. The van der Waals surface area contributed by atoms with Crippen LogP contribution >= 0.6 is 0 Å². The minimum absolute atomic E-state index is 0.0255. The molecule has 40 heavy (non-hydrogen) atoms. The molecule has 0 saturated carbocycles. The van der Waals surface area contributed by atoms with Gasteiger partial charge in [-0.3, -0.25) is 0 Å². The Balaban J connectivity index is 1.19. The van der Waals surface area contributed by atoms with Crippen molar-refractivity contribution in [3.8, 4) is 11.1 Å². The SMILES string of the molecule is CC1(C)OB(C(=Cc2ccc3c(c2)C(=O)OC3)CNC(=O)OCC2c3ccccc3-c3ccccc32)OC1(C)C. The maximum absolute atomic E-state index is 12.9. The first-order valence-electron chi connectivity index (χ1n) is 13.6. The third-order valence-electron chi connectivity index (χ3n) is 8.40. The maximum Gasteiger partial charge on any atom is 0.492 e. The zero-order valence-electron chi connectivity index (χ0n) is 23.2. The Kier molecular flexibility index (Phi) is 6.55. The van der Waals surface area contributed by atoms with Crippen molar-refractivity contribution in [3.63, 3.8) is 0 Å². The monoisotopic (exact) mass is 537 g/mol. The number of carbonyl (C=O) groups is 2. The van der Waals surface area contributed by atoms with Gasteiger partial charge in [-0.15, -0.1) is 0 Å². The number of cyclic esters (lactones) is 1. The van der Waals surface area contributed by atoms with E-state index in [1.807, 2.05) is 70.2 Å². The van der Waals surface area contributed by atoms with Crippen molar-refractivity contribution in [1.29, 1.82) is 0 Å². The summed E-state index contributed by atoms with van der Waals surface area (Å²) >= 11 is 0. The number of carbonyl (C=O) groups excluding carboxylic acids is 2. The van der Waals surface area contributed by atoms with Gasteiger partial charge >= 0.3 is 19.2 Å². The first kappa shape index (κ1) is 26.4. The molecule has 1 fully saturated rings. The Morgan fingerprint density at radius 2 is 1.57 bits per heavy atom. The van der Waals surface area contributed by atoms with E-state index in [4.69, 9.17) is 18.8 Å². The fourth-order valence-electron chi connectivity index (χ4n) is 5.46. The van der Waals surface area contributed by atoms with Crippen molar-refractivity contribution >= 4 is 25.3 Å². The van der Waals surface area contributed by atoms with Crippen LogP contribution in [0.1, 0.15) is 66.2 Å². The number of hydrogen-bond donors (Lipinski definition) is 1. The van der Waals surface area contributed by atoms with Crippen LogP contribution in [0.2, 0.25) is 0 Å². The molecule has 1 saturated heterocycles. The highest BCUT2D eigenvalue weighted by Gasteiger charge is 2.52. The molecule has 0 bridgehead atoms. The van der Waals surface area contributed by atoms with Crippen molar-refractivity contribution in [1.82, 2.24) is 5.32 Å². The number of nitrogens with one attached hydrogen (secondary N) is 1. The van der Waals surface area contributed by atoms with Crippen LogP contribution in [0.4, 0.5) is 4.79 Å². The molecule has 3 aromatic rings. The number of ether oxygens (including phenoxy) is 2. The largest absolute Gasteiger partial charge is 0.492 e. The Labute approximate surface area is 234 Å². The molecular weight excluding hydrogens is 505 g/mol. The summed E-state index contributed by atoms with van der Waals surface area (Å²) in [5, 5.41) is 2.89. The molecule has 3 aromatic carbocycles. The highest BCUT2D eigenvalue weighted by molar-refractivity contribution is 6.56. The number of benzene rings is 3. The molecule has 0 radical (unpaired) electrons. The number of esters is 1. The van der Waals surface area contributed by atoms with Crippen LogP contribution in [0.25, 0.3) is 17.2 Å². The van der Waals surface area contributed by atoms with Crippen molar-refractivity contribution in [2.24, 2.45) is 0 Å². The zero-order valence-corrected chi connectivity index (χ0v) is 23.2. The minimum Gasteiger partial charge on any atom is -0.457 e. The Morgan fingerprint density at radius 1 is 0.950 bits per heavy atom. The van der Waals surface area contributed by atoms with Gasteiger partial charge < -0.3 is 24.1 Å². The van der Waals surface area contributed by atoms with E-state index >= 15 is 0 Å². The summed E-state index contributed by atoms with van der Waals surface area (Å²) in [7, 11) is -0.681. The van der Waals surface area contributed by atoms with Gasteiger partial charge in [0.2, 0.25) is 0 Å². The summed E-state index contributed by atoms with van der Waals surface area (Å²) in [6.45, 7) is 8.58. The van der Waals surface area contributed by atoms with Gasteiger partial charge in [0, 0.05) is 18.0 Å². The van der Waals surface area contributed by atoms with Crippen LogP contribution in [-0.2, 0) is 25.4 Å². The van der Waals surface area contributed by atoms with Crippen molar-refractivity contribution in [2.75, 3.05) is 13.2 Å². The number of amides is 1. The van der Waals surface area contributed by atoms with Crippen LogP contribution in [-0.4, -0.2) is 43.5 Å². The normalized spacial score (nSPS) is 18.6. The summed E-state index contributed by atoms with van der Waals surface area (Å²) in [4.78, 5) is 25.1. The quantitative estimate of drug-likeness (QED) is 0.311. The van der Waals surface area contributed by atoms with Gasteiger partial charge in [-0.05, 0) is 67.1 Å². The summed E-state index contributed by atoms with van der Waals surface area (Å²) in [5.74, 6) is -0.360. The van der Waals surface area contributed by atoms with Gasteiger partial charge in [-0.1, -0.05) is 66.7 Å². The lowest BCUT2D eigenvalue weighted by Crippen LogP contribution is -2.41. The van der Waals surface area contributed by atoms with Crippen LogP contribution in [0, 0.1) is 0 Å². The molecule has 0 atom stereocenters. The molecule has 6 rings (SSSR count). The molecule has 204 valence electrons. The van der Waals surface area contributed by atoms with E-state index in [0.29, 0.717) is 11.0 Å². The Morgan fingerprint density at radius 3 is 2.23 bits per heavy atom. The summed E-state index contributed by atoms with van der Waals surface area (Å²) in [6, 6.07) is 22.1. The van der Waals surface area contributed by atoms with Gasteiger partial charge in [-0.25, -0.2) is 9.59 Å². The van der Waals surface area contributed by atoms with Crippen molar-refractivity contribution in [2.45, 2.75) is 51.4 Å². The topological polar surface area (TPSA) is 83.1 Å². The van der Waals surface area contributed by atoms with Crippen LogP contribution in [0.3, 0.4) is 0 Å². The molecule has 2 heterocycles. The second-order valence-corrected chi connectivity index (χ2v) is 11.5. The number of alkyl carbamates (subject to hydrolysis) is 1. The van der Waals surface area contributed by atoms with E-state index in [-0.39, 0.29) is 31.6 Å². The average molecular weight is 537 g/mol. The highest BCUT2D eigenvalue weighted by Crippen LogP contribution is 2.44. The lowest BCUT2D eigenvalue weighted by atomic mass is 9.77. The summed E-state index contributed by atoms with van der Waals surface area (Å²) < 4.78 is 23.5. The lowest BCUT2D eigenvalue weighted by Gasteiger charge is -2.32. The van der Waals surface area contributed by atoms with E-state index in [9.17, 15) is 9.59 Å². The van der Waals surface area contributed by atoms with E-state index in [0.717, 1.165) is 22.3 Å². The molecule has 3 aliphatic rings. The fourth-order valence-corrected chi connectivity index (χ4v) is 5.46. The third-order valence-corrected chi connectivity index (χ3v) is 8.40. The van der Waals surface area contributed by atoms with Crippen molar-refractivity contribution in [3.05, 3.63) is 100 Å². The molecule has 1 N–H and O–H groups in total. The van der Waals surface area contributed by atoms with E-state index in [1.165, 1.54) is 11.1 Å². The predicted octanol–water partition coefficient (Wildman–Crippen LogP) is 5.91. The zero-order chi connectivity index (χ0) is 28.1. The summed E-state index contributed by atoms with van der Waals surface area (Å²) in [5.41, 5.74) is 6.46. The van der Waals surface area contributed by atoms with E-state index < -0.39 is 24.4 Å². The molecule has 0 aromatic heterocycles. The van der Waals surface area contributed by atoms with Crippen LogP contribution < -0.4 is 5.32 Å². The second kappa shape index (κ2) is 9.95. The van der Waals surface area contributed by atoms with Crippen LogP contribution in [0.15, 0.2) is 72.2 Å². The lowest BCUT2D eigenvalue weighted by molar-refractivity contribution is 0.00578. The standard InChI is InChI=1S/C32H32BNO6/c1-31(2)32(3,4)40-33(39-31)22(15-20-13-14-21-18-37-29(35)27(21)16-20)17-34-30(36)38-19-28-25-11-7-5-9-23(25)24-10-6-8-12-26(24)28/h5-16,28H,17-19H2,1-4H3,(H,34,36). The second-order valence-electron chi connectivity index (χ2n) is 11.5. The molecule has 1 aliphatic carbocycles. The molecular formula is C32H32BNO6.